The molecule has 0 saturated carbocycles. The largest absolute Gasteiger partial charge is 0.508 e. The average molecular weight is 960 g/mol. The van der Waals surface area contributed by atoms with Crippen LogP contribution in [0.15, 0.2) is 90.7 Å². The number of phenolic OH excluding ortho intramolecular Hbond substituents is 1. The van der Waals surface area contributed by atoms with Crippen molar-refractivity contribution in [3.8, 4) is 5.75 Å². The first-order valence-corrected chi connectivity index (χ1v) is 22.4. The third-order valence-corrected chi connectivity index (χ3v) is 11.8. The minimum absolute atomic E-state index is 0.0952. The molecule has 7 amide bonds. The molecule has 9 N–H and O–H groups in total. The van der Waals surface area contributed by atoms with Crippen molar-refractivity contribution < 1.29 is 63.2 Å². The lowest BCUT2D eigenvalue weighted by Gasteiger charge is -2.27. The van der Waals surface area contributed by atoms with Crippen LogP contribution in [-0.2, 0) is 60.7 Å². The van der Waals surface area contributed by atoms with Gasteiger partial charge >= 0.3 is 11.9 Å². The number of hydrogen-bond donors (Lipinski definition) is 9. The van der Waals surface area contributed by atoms with Crippen LogP contribution in [0.25, 0.3) is 0 Å². The number of hydrogen-bond acceptors (Lipinski definition) is 11. The Labute approximate surface area is 401 Å². The number of ether oxygens (including phenoxy) is 1. The number of phenols is 1. The molecule has 2 aromatic rings. The first-order valence-electron chi connectivity index (χ1n) is 22.4. The maximum atomic E-state index is 13.8. The van der Waals surface area contributed by atoms with E-state index in [4.69, 9.17) is 4.74 Å². The lowest BCUT2D eigenvalue weighted by atomic mass is 9.94. The third kappa shape index (κ3) is 17.0. The normalized spacial score (nSPS) is 25.7. The topological polar surface area (TPSA) is 299 Å². The van der Waals surface area contributed by atoms with Crippen molar-refractivity contribution in [1.82, 2.24) is 36.8 Å². The van der Waals surface area contributed by atoms with Crippen molar-refractivity contribution in [2.24, 2.45) is 17.8 Å². The highest BCUT2D eigenvalue weighted by atomic mass is 16.5. The molecule has 1 aliphatic heterocycles. The van der Waals surface area contributed by atoms with Crippen molar-refractivity contribution in [3.05, 3.63) is 102 Å². The van der Waals surface area contributed by atoms with Crippen LogP contribution in [-0.4, -0.2) is 130 Å². The van der Waals surface area contributed by atoms with Gasteiger partial charge in [0, 0.05) is 32.9 Å². The number of carboxylic acid groups (broad SMARTS) is 2. The van der Waals surface area contributed by atoms with E-state index in [1.165, 1.54) is 65.1 Å². The molecular formula is C49H65N7O13. The van der Waals surface area contributed by atoms with Crippen LogP contribution < -0.4 is 31.9 Å². The van der Waals surface area contributed by atoms with E-state index in [9.17, 15) is 58.5 Å². The van der Waals surface area contributed by atoms with Crippen LogP contribution in [0.3, 0.4) is 0 Å². The van der Waals surface area contributed by atoms with E-state index in [-0.39, 0.29) is 24.2 Å². The number of carboxylic acids is 2. The van der Waals surface area contributed by atoms with Gasteiger partial charge in [0.2, 0.25) is 35.4 Å². The molecule has 1 fully saturated rings. The number of aromatic hydroxyl groups is 1. The quantitative estimate of drug-likeness (QED) is 0.114. The molecule has 0 radical (unpaired) electrons. The second-order valence-electron chi connectivity index (χ2n) is 17.2. The molecule has 1 heterocycles. The van der Waals surface area contributed by atoms with Crippen LogP contribution >= 0.6 is 0 Å². The Bertz CT molecular complexity index is 2270. The van der Waals surface area contributed by atoms with E-state index in [1.807, 2.05) is 43.3 Å². The van der Waals surface area contributed by atoms with E-state index >= 15 is 0 Å². The molecule has 1 aliphatic rings. The molecule has 20 nitrogen and oxygen atoms in total. The fourth-order valence-corrected chi connectivity index (χ4v) is 7.19. The number of benzene rings is 2. The number of likely N-dealkylation sites (N-methyl/N-ethyl adjacent to an activating group) is 1. The smallest absolute Gasteiger partial charge is 0.327 e. The zero-order valence-electron chi connectivity index (χ0n) is 40.1. The molecular weight excluding hydrogens is 895 g/mol. The molecule has 3 rings (SSSR count). The van der Waals surface area contributed by atoms with Gasteiger partial charge in [0.1, 0.15) is 41.7 Å². The van der Waals surface area contributed by atoms with Gasteiger partial charge in [-0.1, -0.05) is 93.6 Å². The van der Waals surface area contributed by atoms with Crippen LogP contribution in [0, 0.1) is 17.8 Å². The molecule has 1 saturated heterocycles. The van der Waals surface area contributed by atoms with Gasteiger partial charge in [0.25, 0.3) is 5.91 Å². The van der Waals surface area contributed by atoms with Crippen molar-refractivity contribution >= 4 is 53.3 Å². The number of rotatable bonds is 11. The maximum absolute atomic E-state index is 13.8. The van der Waals surface area contributed by atoms with Gasteiger partial charge in [-0.15, -0.1) is 0 Å². The van der Waals surface area contributed by atoms with Gasteiger partial charge in [-0.2, -0.15) is 0 Å². The third-order valence-electron chi connectivity index (χ3n) is 11.8. The van der Waals surface area contributed by atoms with Gasteiger partial charge in [0.05, 0.1) is 24.0 Å². The molecule has 374 valence electrons. The molecule has 0 aliphatic carbocycles. The lowest BCUT2D eigenvalue weighted by Crippen LogP contribution is -2.59. The number of nitrogens with zero attached hydrogens (tertiary/aromatic N) is 1. The standard InChI is InChI=1S/C49H65N7O13/c1-26(23-27(2)39(69-9)25-33-13-11-10-12-14-33)15-20-36-28(3)42(59)53-37(48(65)66)21-22-40(58)56(8)32(7)46(63)51-31(6)45(62)54-38(24-34-16-18-35(57)19-17-34)47(64)55-41(49(67)68)29(4)43(60)50-30(5)44(61)52-36/h10-20,23,27-31,36-39,41,57H,7,21-22,24-25H2,1-6,8-9H3,(H,50,60)(H,51,63)(H,52,61)(H,53,59)(H,54,62)(H,55,64)(H,65,66)(H,67,68). The molecule has 10 atom stereocenters. The summed E-state index contributed by atoms with van der Waals surface area (Å²) in [6.07, 6.45) is 4.39. The summed E-state index contributed by atoms with van der Waals surface area (Å²) in [5, 5.41) is 44.8. The molecule has 10 unspecified atom stereocenters. The first-order chi connectivity index (χ1) is 32.4. The minimum atomic E-state index is -1.90. The zero-order valence-corrected chi connectivity index (χ0v) is 40.1. The molecule has 69 heavy (non-hydrogen) atoms. The molecule has 2 aromatic carbocycles. The Kier molecular flexibility index (Phi) is 21.3. The highest BCUT2D eigenvalue weighted by molar-refractivity contribution is 6.00. The van der Waals surface area contributed by atoms with Crippen molar-refractivity contribution in [2.45, 2.75) is 110 Å². The van der Waals surface area contributed by atoms with Crippen LogP contribution in [0.2, 0.25) is 0 Å². The number of nitrogens with one attached hydrogen (secondary N) is 6. The Morgan fingerprint density at radius 3 is 1.96 bits per heavy atom. The van der Waals surface area contributed by atoms with E-state index in [1.54, 1.807) is 20.1 Å². The molecule has 0 spiro atoms. The Morgan fingerprint density at radius 1 is 0.768 bits per heavy atom. The van der Waals surface area contributed by atoms with Gasteiger partial charge < -0.3 is 56.9 Å². The number of carbonyl (C=O) groups excluding carboxylic acids is 7. The number of methoxy groups -OCH3 is 1. The Morgan fingerprint density at radius 2 is 1.36 bits per heavy atom. The summed E-state index contributed by atoms with van der Waals surface area (Å²) in [6, 6.07) is 6.44. The summed E-state index contributed by atoms with van der Waals surface area (Å²) in [5.41, 5.74) is 1.78. The summed E-state index contributed by atoms with van der Waals surface area (Å²) >= 11 is 0. The summed E-state index contributed by atoms with van der Waals surface area (Å²) in [6.45, 7) is 12.6. The van der Waals surface area contributed by atoms with Crippen molar-refractivity contribution in [1.29, 1.82) is 0 Å². The minimum Gasteiger partial charge on any atom is -0.508 e. The van der Waals surface area contributed by atoms with Gasteiger partial charge in [-0.05, 0) is 56.9 Å². The second-order valence-corrected chi connectivity index (χ2v) is 17.2. The summed E-state index contributed by atoms with van der Waals surface area (Å²) in [7, 11) is 2.81. The summed E-state index contributed by atoms with van der Waals surface area (Å²) in [4.78, 5) is 121. The average Bonchev–Trinajstić information content (AvgIpc) is 3.31. The van der Waals surface area contributed by atoms with Gasteiger partial charge in [-0.25, -0.2) is 9.59 Å². The highest BCUT2D eigenvalue weighted by Crippen LogP contribution is 2.19. The summed E-state index contributed by atoms with van der Waals surface area (Å²) < 4.78 is 5.79. The van der Waals surface area contributed by atoms with Crippen molar-refractivity contribution in [3.63, 3.8) is 0 Å². The molecule has 20 heteroatoms. The zero-order chi connectivity index (χ0) is 51.7. The Hall–Kier alpha value is -7.35. The molecule has 0 aromatic heterocycles. The van der Waals surface area contributed by atoms with E-state index < -0.39 is 120 Å². The fourth-order valence-electron chi connectivity index (χ4n) is 7.19. The van der Waals surface area contributed by atoms with Crippen LogP contribution in [0.4, 0.5) is 0 Å². The number of aliphatic carboxylic acids is 2. The predicted octanol–water partition coefficient (Wildman–Crippen LogP) is 1.49. The van der Waals surface area contributed by atoms with Gasteiger partial charge in [0.15, 0.2) is 0 Å². The van der Waals surface area contributed by atoms with Gasteiger partial charge in [-0.3, -0.25) is 33.6 Å². The SMILES string of the molecule is C=C1C(=O)NC(C)C(=O)NC(Cc2ccc(O)cc2)C(=O)NC(C(=O)O)C(C)C(=O)NC(C)C(=O)NC(C=CC(C)=CC(C)C(Cc2ccccc2)OC)C(C)C(=O)NC(C(=O)O)CCC(=O)N1C. The van der Waals surface area contributed by atoms with Crippen LogP contribution in [0.5, 0.6) is 5.75 Å². The maximum Gasteiger partial charge on any atom is 0.327 e. The monoisotopic (exact) mass is 959 g/mol. The second kappa shape index (κ2) is 26.3. The van der Waals surface area contributed by atoms with E-state index in [0.29, 0.717) is 12.0 Å². The number of amides is 7. The fraction of sp³-hybridized carbons (Fsp3) is 0.449. The Balaban J connectivity index is 2.03. The number of allylic oxidation sites excluding steroid dienone is 2. The summed E-state index contributed by atoms with van der Waals surface area (Å²) in [5.74, 6) is -12.3. The highest BCUT2D eigenvalue weighted by Gasteiger charge is 2.37. The molecule has 0 bridgehead atoms. The van der Waals surface area contributed by atoms with Crippen molar-refractivity contribution in [2.75, 3.05) is 14.2 Å². The predicted molar refractivity (Wildman–Crippen MR) is 252 cm³/mol. The lowest BCUT2D eigenvalue weighted by molar-refractivity contribution is -0.146. The first kappa shape index (κ1) is 56.0. The number of carbonyl (C=O) groups is 9. The van der Waals surface area contributed by atoms with E-state index in [2.05, 4.69) is 38.5 Å². The van der Waals surface area contributed by atoms with Crippen LogP contribution in [0.1, 0.15) is 65.5 Å². The van der Waals surface area contributed by atoms with E-state index in [0.717, 1.165) is 16.0 Å².